The Morgan fingerprint density at radius 3 is 0.361 bits per heavy atom. The number of aliphatic hydroxyl groups excluding tert-OH is 14. The highest BCUT2D eigenvalue weighted by atomic mass is 32.3. The van der Waals surface area contributed by atoms with Gasteiger partial charge in [-0.1, -0.05) is 0 Å². The molecule has 0 unspecified atom stereocenters. The molecule has 0 radical (unpaired) electrons. The van der Waals surface area contributed by atoms with Crippen LogP contribution in [0.3, 0.4) is 0 Å². The highest BCUT2D eigenvalue weighted by Crippen LogP contribution is 2.42. The molecule has 21 heterocycles. The minimum Gasteiger partial charge on any atom is -0.387 e. The number of rotatable bonds is 35. The highest BCUT2D eigenvalue weighted by Gasteiger charge is 2.60. The molecule has 63 heteroatoms. The average Bonchev–Trinajstić information content (AvgIpc) is 0.855. The van der Waals surface area contributed by atoms with Gasteiger partial charge in [-0.3, -0.25) is 31.9 Å². The molecule has 21 aliphatic rings. The summed E-state index contributed by atoms with van der Waals surface area (Å²) < 4.78 is 320. The summed E-state index contributed by atoms with van der Waals surface area (Å²) in [6.07, 6.45) is -76.8. The second-order valence-corrected chi connectivity index (χ2v) is 47.0. The van der Waals surface area contributed by atoms with Crippen LogP contribution in [0.15, 0.2) is 0 Å². The molecule has 0 spiro atoms. The van der Waals surface area contributed by atoms with Gasteiger partial charge in [0.05, 0.1) is 83.0 Å². The molecule has 0 aromatic carbocycles. The largest absolute Gasteiger partial charge is 0.387 e. The zero-order valence-corrected chi connectivity index (χ0v) is 73.0. The van der Waals surface area contributed by atoms with E-state index < -0.39 is 407 Å². The third-order valence-electron chi connectivity index (χ3n) is 18.9. The highest BCUT2D eigenvalue weighted by molar-refractivity contribution is 8.02. The van der Waals surface area contributed by atoms with Gasteiger partial charge < -0.3 is 138 Å². The molecule has 0 aromatic rings. The van der Waals surface area contributed by atoms with E-state index in [1.807, 2.05) is 0 Å². The molecule has 49 nitrogen and oxygen atoms in total. The molecule has 21 rings (SSSR count). The summed E-state index contributed by atoms with van der Waals surface area (Å²) >= 11 is 4.64. The van der Waals surface area contributed by atoms with E-state index >= 15 is 0 Å². The monoisotopic (exact) mass is 2000 g/mol. The zero-order valence-electron chi connectivity index (χ0n) is 61.6. The molecule has 21 N–H and O–H groups in total. The average molecular weight is 2000 g/mol. The van der Waals surface area contributed by atoms with E-state index in [4.69, 9.17) is 66.3 Å². The molecule has 700 valence electrons. The summed E-state index contributed by atoms with van der Waals surface area (Å²) in [6.45, 7) is 0. The molecule has 0 aromatic heterocycles. The van der Waals surface area contributed by atoms with E-state index in [-0.39, 0.29) is 0 Å². The smallest absolute Gasteiger partial charge is 0.265 e. The molecule has 0 amide bonds. The fraction of sp³-hybridized carbons (Fsp3) is 1.00. The second-order valence-electron chi connectivity index (χ2n) is 27.9. The Labute approximate surface area is 712 Å². The van der Waals surface area contributed by atoms with Gasteiger partial charge in [0.1, 0.15) is 128 Å². The number of ether oxygens (including phenoxy) is 14. The topological polar surface area (TPSA) is 793 Å². The van der Waals surface area contributed by atoms with E-state index in [1.165, 1.54) is 0 Å². The van der Waals surface area contributed by atoms with Gasteiger partial charge in [-0.05, 0) is 0 Å². The van der Waals surface area contributed by atoms with Gasteiger partial charge in [0, 0.05) is 80.5 Å². The van der Waals surface area contributed by atoms with Crippen molar-refractivity contribution in [2.45, 2.75) is 215 Å². The van der Waals surface area contributed by atoms with Gasteiger partial charge in [-0.15, -0.1) is 0 Å². The summed E-state index contributed by atoms with van der Waals surface area (Å²) in [6, 6.07) is 0. The second kappa shape index (κ2) is 45.7. The van der Waals surface area contributed by atoms with Crippen LogP contribution < -0.4 is 0 Å². The van der Waals surface area contributed by atoms with E-state index in [1.54, 1.807) is 0 Å². The van der Waals surface area contributed by atoms with Crippen LogP contribution in [-0.4, -0.2) is 498 Å². The van der Waals surface area contributed by atoms with Crippen LogP contribution in [0.4, 0.5) is 0 Å². The Morgan fingerprint density at radius 2 is 0.269 bits per heavy atom. The fourth-order valence-electron chi connectivity index (χ4n) is 12.9. The summed E-state index contributed by atoms with van der Waals surface area (Å²) in [5.41, 5.74) is 0. The molecule has 21 aliphatic heterocycles. The van der Waals surface area contributed by atoms with Crippen LogP contribution >= 0.6 is 82.3 Å². The molecular formula is C56H98O49S14. The molecule has 0 saturated carbocycles. The minimum atomic E-state index is -4.70. The van der Waals surface area contributed by atoms with Crippen molar-refractivity contribution >= 4 is 153 Å². The summed E-state index contributed by atoms with van der Waals surface area (Å²) in [5.74, 6) is -13.7. The first-order valence-electron chi connectivity index (χ1n) is 35.6. The Balaban J connectivity index is 1.24. The lowest BCUT2D eigenvalue weighted by atomic mass is 9.95. The first-order valence-corrected chi connectivity index (χ1v) is 54.9. The maximum Gasteiger partial charge on any atom is 0.265 e. The van der Waals surface area contributed by atoms with Crippen LogP contribution in [0.2, 0.25) is 0 Å². The lowest BCUT2D eigenvalue weighted by Gasteiger charge is -2.50. The van der Waals surface area contributed by atoms with Crippen molar-refractivity contribution in [3.63, 3.8) is 0 Å². The third-order valence-corrected chi connectivity index (χ3v) is 33.1. The Morgan fingerprint density at radius 1 is 0.168 bits per heavy atom. The Kier molecular flexibility index (Phi) is 40.3. The molecule has 35 atom stereocenters. The number of thioether (sulfide) groups is 7. The summed E-state index contributed by atoms with van der Waals surface area (Å²) in [5, 5.41) is 169. The van der Waals surface area contributed by atoms with Crippen LogP contribution in [0.5, 0.6) is 0 Å². The number of hydrogen-bond donors (Lipinski definition) is 21. The molecule has 21 fully saturated rings. The molecule has 14 bridgehead atoms. The SMILES string of the molecule is O=S(=O)(O)CCSC[C@H]1O[C@@H]2O[C@H]3[C@H](O)[C@@H](O)[C@@H](O[C@H]4[C@H](O)[C@@H](O)[C@@H](O[C@H]5[C@H](O)[C@@H](O)[C@@H](O[C@H]6[C@H](O)[C@@H](O)[C@@H](O[C@H]7[C@H](O)[C@@H](O)[C@@H](O[C@H]8[C@H](O)[C@@H](O)[C@@H](O[C@H]1[C@H](O)[C@H]2O)O[C@@H]8CSCCS(=O)(=O)O)O[C@@H]7CSCCS(=O)(=O)O)O[C@@H]6CSCCS(=O)(=O)O)O[C@@H]5CSCCS(=O)(=O)O)O[C@@H]4CSCCS(=O)(=O)O)O[C@@H]3CSCCS(=O)(=O)O. The van der Waals surface area contributed by atoms with Crippen LogP contribution in [-0.2, 0) is 137 Å². The van der Waals surface area contributed by atoms with E-state index in [9.17, 15) is 162 Å². The quantitative estimate of drug-likeness (QED) is 0.0207. The number of hydrogen-bond acceptors (Lipinski definition) is 49. The third kappa shape index (κ3) is 32.0. The lowest BCUT2D eigenvalue weighted by Crippen LogP contribution is -2.68. The fourth-order valence-corrected chi connectivity index (χ4v) is 26.7. The van der Waals surface area contributed by atoms with Gasteiger partial charge >= 0.3 is 0 Å². The minimum absolute atomic E-state index is 0.466. The van der Waals surface area contributed by atoms with Crippen molar-refractivity contribution in [3.8, 4) is 0 Å². The maximum absolute atomic E-state index is 12.2. The van der Waals surface area contributed by atoms with Gasteiger partial charge in [-0.2, -0.15) is 141 Å². The summed E-state index contributed by atoms with van der Waals surface area (Å²) in [7, 11) is -32.9. The first-order chi connectivity index (χ1) is 55.2. The zero-order chi connectivity index (χ0) is 88.4. The van der Waals surface area contributed by atoms with Crippen molar-refractivity contribution in [1.82, 2.24) is 0 Å². The van der Waals surface area contributed by atoms with Gasteiger partial charge in [-0.25, -0.2) is 0 Å². The molecule has 0 aliphatic carbocycles. The predicted octanol–water partition coefficient (Wildman–Crippen LogP) is -10.8. The van der Waals surface area contributed by atoms with E-state index in [0.717, 1.165) is 0 Å². The van der Waals surface area contributed by atoms with Crippen molar-refractivity contribution in [3.05, 3.63) is 0 Å². The van der Waals surface area contributed by atoms with Crippen molar-refractivity contribution in [2.24, 2.45) is 0 Å². The molecule has 119 heavy (non-hydrogen) atoms. The predicted molar refractivity (Wildman–Crippen MR) is 415 cm³/mol. The standard InChI is InChI=1S/C56H98O49S14/c57-29-36(64)50-92-22(15-106-1-8-113(71,72)73)43(29)99-51-37(65)30(58)45(24(93-51)17-108-3-10-115(77,78)79)101-53-39(67)32(60)47(26(95-53)19-110-5-12-117(83,84)85)103-55-41(69)34(62)49(28(97-55)21-112-7-14-119(89,90)91)105-56-42(70)35(63)48(27(98-56)20-111-6-13-118(86,87)88)104-54-40(68)33(61)46(25(96-54)18-109-4-11-116(80,81)82)102-52-38(66)31(59)44(100-50)23(94-52)16-107-2-9-114(74,75)76/h22-70H,1-21H2,(H,71,72,73)(H,74,75,76)(H,77,78,79)(H,80,81,82)(H,83,84,85)(H,86,87,88)(H,89,90,91)/t22-,23-,24-,25-,26-,27-,28-,29-,30-,31-,32-,33-,34-,35-,36-,37-,38-,39-,40-,41-,42-,43-,44-,45-,46-,47-,48-,49-,50-,51-,52-,53-,54-,55-,56-/m1/s1. The number of aliphatic hydroxyl groups is 14. The van der Waals surface area contributed by atoms with Crippen LogP contribution in [0.25, 0.3) is 0 Å². The van der Waals surface area contributed by atoms with Crippen molar-refractivity contribution < 1.29 is 229 Å². The van der Waals surface area contributed by atoms with E-state index in [0.29, 0.717) is 82.3 Å². The molecule has 21 saturated heterocycles. The van der Waals surface area contributed by atoms with E-state index in [2.05, 4.69) is 0 Å². The summed E-state index contributed by atoms with van der Waals surface area (Å²) in [4.78, 5) is 0. The first kappa shape index (κ1) is 105. The van der Waals surface area contributed by atoms with Gasteiger partial charge in [0.25, 0.3) is 70.8 Å². The normalized spacial score (nSPS) is 41.0. The van der Waals surface area contributed by atoms with Crippen LogP contribution in [0.1, 0.15) is 0 Å². The van der Waals surface area contributed by atoms with Crippen molar-refractivity contribution in [2.75, 3.05) is 121 Å². The van der Waals surface area contributed by atoms with Gasteiger partial charge in [0.2, 0.25) is 0 Å². The van der Waals surface area contributed by atoms with Crippen LogP contribution in [0, 0.1) is 0 Å². The molecular weight excluding hydrogens is 1910 g/mol. The van der Waals surface area contributed by atoms with Crippen molar-refractivity contribution in [1.29, 1.82) is 0 Å². The Bertz CT molecular complexity index is 3300. The van der Waals surface area contributed by atoms with Gasteiger partial charge in [0.15, 0.2) is 44.0 Å². The maximum atomic E-state index is 12.2. The Hall–Kier alpha value is 0.700. The lowest BCUT2D eigenvalue weighted by molar-refractivity contribution is -0.389.